The smallest absolute Gasteiger partial charge is 0.199 e. The van der Waals surface area contributed by atoms with Crippen molar-refractivity contribution in [3.8, 4) is 0 Å². The average Bonchev–Trinajstić information content (AvgIpc) is 2.69. The van der Waals surface area contributed by atoms with Gasteiger partial charge in [0.2, 0.25) is 0 Å². The molecular formula is C15H20N2O2S. The molecule has 108 valence electrons. The lowest BCUT2D eigenvalue weighted by molar-refractivity contribution is 0.577. The first-order chi connectivity index (χ1) is 9.23. The van der Waals surface area contributed by atoms with Gasteiger partial charge in [-0.05, 0) is 49.9 Å². The molecule has 20 heavy (non-hydrogen) atoms. The Morgan fingerprint density at radius 1 is 1.10 bits per heavy atom. The molecule has 0 aliphatic heterocycles. The van der Waals surface area contributed by atoms with Gasteiger partial charge in [-0.3, -0.25) is 0 Å². The summed E-state index contributed by atoms with van der Waals surface area (Å²) in [6.45, 7) is 9.44. The largest absolute Gasteiger partial charge is 0.283 e. The van der Waals surface area contributed by atoms with Gasteiger partial charge in [-0.15, -0.1) is 0 Å². The molecule has 1 aromatic heterocycles. The van der Waals surface area contributed by atoms with E-state index in [2.05, 4.69) is 5.10 Å². The van der Waals surface area contributed by atoms with Crippen molar-refractivity contribution in [1.29, 1.82) is 0 Å². The van der Waals surface area contributed by atoms with Crippen LogP contribution in [0.15, 0.2) is 29.2 Å². The van der Waals surface area contributed by atoms with E-state index >= 15 is 0 Å². The van der Waals surface area contributed by atoms with Crippen molar-refractivity contribution >= 4 is 10.0 Å². The van der Waals surface area contributed by atoms with Crippen LogP contribution in [0, 0.1) is 20.8 Å². The molecule has 0 saturated carbocycles. The van der Waals surface area contributed by atoms with Gasteiger partial charge in [-0.25, -0.2) is 0 Å². The van der Waals surface area contributed by atoms with Gasteiger partial charge in [-0.2, -0.15) is 17.6 Å². The molecule has 1 aromatic carbocycles. The maximum Gasteiger partial charge on any atom is 0.283 e. The van der Waals surface area contributed by atoms with Crippen LogP contribution in [0.25, 0.3) is 0 Å². The van der Waals surface area contributed by atoms with Crippen LogP contribution in [0.3, 0.4) is 0 Å². The average molecular weight is 292 g/mol. The molecule has 0 aliphatic carbocycles. The van der Waals surface area contributed by atoms with Crippen molar-refractivity contribution in [3.05, 3.63) is 46.8 Å². The second-order valence-corrected chi connectivity index (χ2v) is 7.19. The summed E-state index contributed by atoms with van der Waals surface area (Å²) < 4.78 is 26.6. The summed E-state index contributed by atoms with van der Waals surface area (Å²) in [5, 5.41) is 4.10. The van der Waals surface area contributed by atoms with Crippen LogP contribution in [0.2, 0.25) is 0 Å². The Morgan fingerprint density at radius 2 is 1.75 bits per heavy atom. The van der Waals surface area contributed by atoms with Gasteiger partial charge in [0, 0.05) is 0 Å². The molecule has 0 radical (unpaired) electrons. The topological polar surface area (TPSA) is 52.0 Å². The SMILES string of the molecule is Cc1cc(C)n(S(=O)(=O)c2cc(C(C)C)ccc2C)n1. The second-order valence-electron chi connectivity index (χ2n) is 5.45. The zero-order valence-electron chi connectivity index (χ0n) is 12.5. The number of nitrogens with zero attached hydrogens (tertiary/aromatic N) is 2. The van der Waals surface area contributed by atoms with Gasteiger partial charge < -0.3 is 0 Å². The fourth-order valence-corrected chi connectivity index (χ4v) is 3.81. The zero-order valence-corrected chi connectivity index (χ0v) is 13.3. The second kappa shape index (κ2) is 5.05. The van der Waals surface area contributed by atoms with Gasteiger partial charge in [0.15, 0.2) is 0 Å². The highest BCUT2D eigenvalue weighted by Gasteiger charge is 2.23. The Bertz CT molecular complexity index is 743. The van der Waals surface area contributed by atoms with Crippen LogP contribution in [0.5, 0.6) is 0 Å². The van der Waals surface area contributed by atoms with Gasteiger partial charge in [-0.1, -0.05) is 26.0 Å². The first kappa shape index (κ1) is 14.8. The highest BCUT2D eigenvalue weighted by Crippen LogP contribution is 2.24. The fraction of sp³-hybridized carbons (Fsp3) is 0.400. The third-order valence-electron chi connectivity index (χ3n) is 3.35. The van der Waals surface area contributed by atoms with Crippen LogP contribution < -0.4 is 0 Å². The maximum absolute atomic E-state index is 12.8. The number of hydrogen-bond acceptors (Lipinski definition) is 3. The van der Waals surface area contributed by atoms with E-state index in [0.717, 1.165) is 15.2 Å². The molecule has 0 spiro atoms. The van der Waals surface area contributed by atoms with Crippen LogP contribution >= 0.6 is 0 Å². The molecule has 0 atom stereocenters. The minimum absolute atomic E-state index is 0.282. The molecule has 0 unspecified atom stereocenters. The number of aromatic nitrogens is 2. The van der Waals surface area contributed by atoms with Crippen molar-refractivity contribution in [2.24, 2.45) is 0 Å². The lowest BCUT2D eigenvalue weighted by Crippen LogP contribution is -2.17. The van der Waals surface area contributed by atoms with Crippen molar-refractivity contribution in [2.45, 2.75) is 45.4 Å². The van der Waals surface area contributed by atoms with E-state index in [9.17, 15) is 8.42 Å². The Hall–Kier alpha value is -1.62. The lowest BCUT2D eigenvalue weighted by atomic mass is 10.0. The molecule has 0 amide bonds. The molecule has 1 heterocycles. The summed E-state index contributed by atoms with van der Waals surface area (Å²) in [7, 11) is -3.63. The molecule has 4 nitrogen and oxygen atoms in total. The summed E-state index contributed by atoms with van der Waals surface area (Å²) in [5.74, 6) is 0.282. The third-order valence-corrected chi connectivity index (χ3v) is 5.17. The minimum atomic E-state index is -3.63. The molecule has 2 rings (SSSR count). The number of hydrogen-bond donors (Lipinski definition) is 0. The Morgan fingerprint density at radius 3 is 2.25 bits per heavy atom. The van der Waals surface area contributed by atoms with Crippen LogP contribution in [-0.4, -0.2) is 17.6 Å². The summed E-state index contributed by atoms with van der Waals surface area (Å²) in [6.07, 6.45) is 0. The van der Waals surface area contributed by atoms with Crippen LogP contribution in [0.4, 0.5) is 0 Å². The van der Waals surface area contributed by atoms with Crippen molar-refractivity contribution in [1.82, 2.24) is 9.19 Å². The molecule has 0 aliphatic rings. The summed E-state index contributed by atoms with van der Waals surface area (Å²) >= 11 is 0. The van der Waals surface area contributed by atoms with E-state index < -0.39 is 10.0 Å². The fourth-order valence-electron chi connectivity index (χ4n) is 2.20. The summed E-state index contributed by atoms with van der Waals surface area (Å²) in [5.41, 5.74) is 3.07. The first-order valence-corrected chi connectivity index (χ1v) is 8.07. The van der Waals surface area contributed by atoms with Crippen LogP contribution in [-0.2, 0) is 10.0 Å². The molecule has 0 fully saturated rings. The monoisotopic (exact) mass is 292 g/mol. The van der Waals surface area contributed by atoms with Crippen molar-refractivity contribution in [2.75, 3.05) is 0 Å². The highest BCUT2D eigenvalue weighted by molar-refractivity contribution is 7.90. The van der Waals surface area contributed by atoms with E-state index in [1.807, 2.05) is 32.9 Å². The predicted octanol–water partition coefficient (Wildman–Crippen LogP) is 3.17. The first-order valence-electron chi connectivity index (χ1n) is 6.63. The van der Waals surface area contributed by atoms with Crippen molar-refractivity contribution in [3.63, 3.8) is 0 Å². The molecule has 2 aromatic rings. The van der Waals surface area contributed by atoms with Gasteiger partial charge in [0.25, 0.3) is 10.0 Å². The third kappa shape index (κ3) is 2.50. The lowest BCUT2D eigenvalue weighted by Gasteiger charge is -2.13. The van der Waals surface area contributed by atoms with E-state index in [-0.39, 0.29) is 5.92 Å². The summed E-state index contributed by atoms with van der Waals surface area (Å²) in [4.78, 5) is 0.329. The molecular weight excluding hydrogens is 272 g/mol. The Balaban J connectivity index is 2.66. The standard InChI is InChI=1S/C15H20N2O2S/c1-10(2)14-7-6-11(3)15(9-14)20(18,19)17-13(5)8-12(4)16-17/h6-10H,1-5H3. The highest BCUT2D eigenvalue weighted by atomic mass is 32.2. The zero-order chi connectivity index (χ0) is 15.1. The quantitative estimate of drug-likeness (QED) is 0.873. The Labute approximate surface area is 120 Å². The van der Waals surface area contributed by atoms with E-state index in [1.54, 1.807) is 26.0 Å². The normalized spacial score (nSPS) is 12.1. The van der Waals surface area contributed by atoms with Crippen molar-refractivity contribution < 1.29 is 8.42 Å². The number of benzene rings is 1. The maximum atomic E-state index is 12.8. The molecule has 5 heteroatoms. The summed E-state index contributed by atoms with van der Waals surface area (Å²) in [6, 6.07) is 7.35. The van der Waals surface area contributed by atoms with E-state index in [1.165, 1.54) is 0 Å². The van der Waals surface area contributed by atoms with Crippen LogP contribution in [0.1, 0.15) is 42.3 Å². The van der Waals surface area contributed by atoms with Gasteiger partial charge in [0.05, 0.1) is 16.3 Å². The van der Waals surface area contributed by atoms with E-state index in [4.69, 9.17) is 0 Å². The molecule has 0 N–H and O–H groups in total. The van der Waals surface area contributed by atoms with Gasteiger partial charge >= 0.3 is 0 Å². The Kier molecular flexibility index (Phi) is 3.73. The molecule has 0 saturated heterocycles. The minimum Gasteiger partial charge on any atom is -0.199 e. The number of aryl methyl sites for hydroxylation is 3. The predicted molar refractivity (Wildman–Crippen MR) is 79.6 cm³/mol. The van der Waals surface area contributed by atoms with Gasteiger partial charge in [0.1, 0.15) is 0 Å². The number of rotatable bonds is 3. The molecule has 0 bridgehead atoms. The van der Waals surface area contributed by atoms with E-state index in [0.29, 0.717) is 16.3 Å².